The Labute approximate surface area is 160 Å². The Kier molecular flexibility index (Phi) is 10.8. The third-order valence-corrected chi connectivity index (χ3v) is 3.87. The van der Waals surface area contributed by atoms with Crippen molar-refractivity contribution < 1.29 is 30.0 Å². The number of benzene rings is 1. The molecule has 1 aromatic heterocycles. The van der Waals surface area contributed by atoms with Gasteiger partial charge in [0.25, 0.3) is 0 Å². The summed E-state index contributed by atoms with van der Waals surface area (Å²) in [5.41, 5.74) is 1.15. The van der Waals surface area contributed by atoms with Crippen LogP contribution in [0.15, 0.2) is 54.3 Å². The smallest absolute Gasteiger partial charge is 0.155 e. The van der Waals surface area contributed by atoms with E-state index < -0.39 is 0 Å². The number of aliphatic hydroxyl groups excluding tert-OH is 1. The Bertz CT molecular complexity index is 736. The summed E-state index contributed by atoms with van der Waals surface area (Å²) in [4.78, 5) is 11.2. The maximum atomic E-state index is 10.0. The Morgan fingerprint density at radius 2 is 1.88 bits per heavy atom. The number of nitrogens with zero attached hydrogens (tertiary/aromatic N) is 1. The van der Waals surface area contributed by atoms with Gasteiger partial charge < -0.3 is 10.5 Å². The predicted octanol–water partition coefficient (Wildman–Crippen LogP) is 5.34. The van der Waals surface area contributed by atoms with Crippen LogP contribution in [0.25, 0.3) is 21.1 Å². The van der Waals surface area contributed by atoms with Gasteiger partial charge in [0.1, 0.15) is 0 Å². The molecule has 1 radical (unpaired) electrons. The van der Waals surface area contributed by atoms with Crippen LogP contribution in [0, 0.1) is 6.07 Å². The number of hydrogen-bond acceptors (Lipinski definition) is 3. The first-order valence-electron chi connectivity index (χ1n) is 7.04. The van der Waals surface area contributed by atoms with Gasteiger partial charge >= 0.3 is 0 Å². The normalized spacial score (nSPS) is 11.6. The molecule has 24 heavy (non-hydrogen) atoms. The van der Waals surface area contributed by atoms with Crippen LogP contribution < -0.4 is 0 Å². The molecule has 0 bridgehead atoms. The minimum absolute atomic E-state index is 0. The van der Waals surface area contributed by atoms with E-state index in [-0.39, 0.29) is 31.6 Å². The molecule has 1 N–H and O–H groups in total. The monoisotopic (exact) mass is 518 g/mol. The summed E-state index contributed by atoms with van der Waals surface area (Å²) in [6, 6.07) is 11.6. The largest absolute Gasteiger partial charge is 0.811 e. The molecule has 1 aromatic carbocycles. The molecule has 0 aliphatic carbocycles. The predicted molar refractivity (Wildman–Crippen MR) is 99.9 cm³/mol. The van der Waals surface area contributed by atoms with Crippen LogP contribution in [-0.4, -0.2) is 17.1 Å². The SMILES string of the molecule is C/C(=C\C=C/C=[N-])c1[c-]c2ccccc2s1.CC(=O)/C=C(/C)O.[Ir]. The quantitative estimate of drug-likeness (QED) is 0.196. The van der Waals surface area contributed by atoms with Crippen LogP contribution in [0.5, 0.6) is 0 Å². The molecule has 0 unspecified atom stereocenters. The van der Waals surface area contributed by atoms with Crippen LogP contribution in [0.3, 0.4) is 0 Å². The van der Waals surface area contributed by atoms with E-state index in [1.807, 2.05) is 31.2 Å². The van der Waals surface area contributed by atoms with Gasteiger partial charge in [0, 0.05) is 26.2 Å². The van der Waals surface area contributed by atoms with E-state index >= 15 is 0 Å². The van der Waals surface area contributed by atoms with Crippen LogP contribution in [0.1, 0.15) is 25.6 Å². The molecule has 0 aliphatic heterocycles. The first-order valence-corrected chi connectivity index (χ1v) is 7.85. The Balaban J connectivity index is 0.000000570. The van der Waals surface area contributed by atoms with Crippen molar-refractivity contribution in [1.29, 1.82) is 0 Å². The molecular weight excluding hydrogens is 498 g/mol. The number of fused-ring (bicyclic) bond motifs is 1. The zero-order valence-electron chi connectivity index (χ0n) is 13.7. The number of carbonyl (C=O) groups excluding carboxylic acids is 1. The van der Waals surface area contributed by atoms with Crippen molar-refractivity contribution in [1.82, 2.24) is 0 Å². The van der Waals surface area contributed by atoms with E-state index in [0.29, 0.717) is 0 Å². The van der Waals surface area contributed by atoms with Crippen molar-refractivity contribution in [3.63, 3.8) is 0 Å². The minimum atomic E-state index is -0.125. The summed E-state index contributed by atoms with van der Waals surface area (Å²) in [5.74, 6) is -0.0625. The Hall–Kier alpha value is -1.81. The molecular formula is C19H19IrNO2S-2. The molecule has 3 nitrogen and oxygen atoms in total. The maximum absolute atomic E-state index is 10.0. The second kappa shape index (κ2) is 11.7. The fraction of sp³-hybridized carbons (Fsp3) is 0.158. The zero-order valence-corrected chi connectivity index (χ0v) is 17.0. The van der Waals surface area contributed by atoms with Crippen molar-refractivity contribution in [2.75, 3.05) is 0 Å². The molecule has 2 aromatic rings. The summed E-state index contributed by atoms with van der Waals surface area (Å²) in [6.07, 6.45) is 7.57. The van der Waals surface area contributed by atoms with E-state index in [4.69, 9.17) is 10.5 Å². The molecule has 129 valence electrons. The van der Waals surface area contributed by atoms with E-state index in [1.54, 1.807) is 17.4 Å². The molecule has 2 rings (SSSR count). The first-order chi connectivity index (χ1) is 10.9. The van der Waals surface area contributed by atoms with Crippen LogP contribution >= 0.6 is 11.3 Å². The summed E-state index contributed by atoms with van der Waals surface area (Å²) in [6.45, 7) is 4.89. The molecule has 1 heterocycles. The van der Waals surface area contributed by atoms with Gasteiger partial charge in [-0.1, -0.05) is 42.2 Å². The summed E-state index contributed by atoms with van der Waals surface area (Å²) >= 11 is 1.73. The molecule has 0 spiro atoms. The third-order valence-electron chi connectivity index (χ3n) is 2.66. The fourth-order valence-electron chi connectivity index (χ4n) is 1.72. The number of rotatable bonds is 4. The summed E-state index contributed by atoms with van der Waals surface area (Å²) in [5, 5.41) is 18.0. The first kappa shape index (κ1) is 22.2. The number of hydrogen-bond donors (Lipinski definition) is 1. The second-order valence-corrected chi connectivity index (χ2v) is 5.88. The van der Waals surface area contributed by atoms with Crippen LogP contribution in [0.4, 0.5) is 0 Å². The van der Waals surface area contributed by atoms with Crippen molar-refractivity contribution in [3.05, 3.63) is 70.7 Å². The average Bonchev–Trinajstić information content (AvgIpc) is 2.90. The van der Waals surface area contributed by atoms with Crippen molar-refractivity contribution in [2.24, 2.45) is 0 Å². The maximum Gasteiger partial charge on any atom is 0.155 e. The van der Waals surface area contributed by atoms with E-state index in [0.717, 1.165) is 22.1 Å². The molecule has 0 atom stereocenters. The molecule has 0 amide bonds. The molecule has 0 saturated heterocycles. The van der Waals surface area contributed by atoms with Gasteiger partial charge in [-0.05, 0) is 18.5 Å². The zero-order chi connectivity index (χ0) is 17.2. The molecule has 0 aliphatic rings. The van der Waals surface area contributed by atoms with Gasteiger partial charge in [0.2, 0.25) is 0 Å². The summed E-state index contributed by atoms with van der Waals surface area (Å²) in [7, 11) is 0. The topological polar surface area (TPSA) is 59.6 Å². The van der Waals surface area contributed by atoms with Crippen LogP contribution in [0.2, 0.25) is 0 Å². The number of aliphatic hydroxyl groups is 1. The van der Waals surface area contributed by atoms with Gasteiger partial charge in [0.05, 0.1) is 5.76 Å². The van der Waals surface area contributed by atoms with Gasteiger partial charge in [-0.2, -0.15) is 6.21 Å². The number of ketones is 1. The van der Waals surface area contributed by atoms with E-state index in [1.165, 1.54) is 24.6 Å². The van der Waals surface area contributed by atoms with Gasteiger partial charge in [-0.3, -0.25) is 4.79 Å². The summed E-state index contributed by atoms with van der Waals surface area (Å²) < 4.78 is 1.25. The molecule has 5 heteroatoms. The third kappa shape index (κ3) is 8.16. The number of thiophene rings is 1. The van der Waals surface area contributed by atoms with Gasteiger partial charge in [0.15, 0.2) is 5.78 Å². The number of carbonyl (C=O) groups is 1. The fourth-order valence-corrected chi connectivity index (χ4v) is 2.70. The van der Waals surface area contributed by atoms with E-state index in [2.05, 4.69) is 18.2 Å². The van der Waals surface area contributed by atoms with E-state index in [9.17, 15) is 4.79 Å². The van der Waals surface area contributed by atoms with Crippen molar-refractivity contribution in [3.8, 4) is 0 Å². The second-order valence-electron chi connectivity index (χ2n) is 4.83. The standard InChI is InChI=1S/C14H11NS.C5H8O2.Ir/c1-11(6-4-5-9-15)14-10-12-7-2-3-8-13(12)16-14;1-4(6)3-5(2)7;/h2-9H,1H3;3,6H,1-2H3;/q-2;;/b5-4-,11-6+;4-3-;. The Morgan fingerprint density at radius 3 is 2.38 bits per heavy atom. The van der Waals surface area contributed by atoms with Crippen molar-refractivity contribution >= 4 is 39.0 Å². The molecule has 0 saturated carbocycles. The van der Waals surface area contributed by atoms with Crippen molar-refractivity contribution in [2.45, 2.75) is 20.8 Å². The minimum Gasteiger partial charge on any atom is -0.811 e. The average molecular weight is 518 g/mol. The van der Waals surface area contributed by atoms with Gasteiger partial charge in [-0.15, -0.1) is 29.2 Å². The van der Waals surface area contributed by atoms with Gasteiger partial charge in [-0.25, -0.2) is 11.3 Å². The van der Waals surface area contributed by atoms with Crippen LogP contribution in [-0.2, 0) is 24.9 Å². The Morgan fingerprint density at radius 1 is 1.21 bits per heavy atom. The molecule has 0 fully saturated rings. The number of allylic oxidation sites excluding steroid dienone is 6.